The molecule has 0 radical (unpaired) electrons. The van der Waals surface area contributed by atoms with E-state index in [-0.39, 0.29) is 13.2 Å². The first kappa shape index (κ1) is 15.7. The third-order valence-electron chi connectivity index (χ3n) is 2.97. The molecule has 0 unspecified atom stereocenters. The SMILES string of the molecule is CC1(C)OCC(NC(=O)c2cnccc2C(F)(F)F)CO1. The normalized spacial score (nSPS) is 19.3. The zero-order valence-corrected chi connectivity index (χ0v) is 11.5. The van der Waals surface area contributed by atoms with Gasteiger partial charge in [-0.2, -0.15) is 13.2 Å². The maximum Gasteiger partial charge on any atom is 0.417 e. The molecular formula is C13H15F3N2O3. The minimum Gasteiger partial charge on any atom is -0.348 e. The van der Waals surface area contributed by atoms with Gasteiger partial charge in [0.2, 0.25) is 0 Å². The molecule has 1 amide bonds. The lowest BCUT2D eigenvalue weighted by molar-refractivity contribution is -0.251. The standard InChI is InChI=1S/C13H15F3N2O3/c1-12(2)20-6-8(7-21-12)18-11(19)9-5-17-4-3-10(9)13(14,15)16/h3-5,8H,6-7H2,1-2H3,(H,18,19). The third-order valence-corrected chi connectivity index (χ3v) is 2.97. The Balaban J connectivity index is 2.08. The summed E-state index contributed by atoms with van der Waals surface area (Å²) in [6.45, 7) is 3.77. The molecule has 0 spiro atoms. The average molecular weight is 304 g/mol. The average Bonchev–Trinajstić information content (AvgIpc) is 2.40. The van der Waals surface area contributed by atoms with Crippen molar-refractivity contribution in [3.8, 4) is 0 Å². The first-order chi connectivity index (χ1) is 9.69. The molecule has 1 aromatic heterocycles. The van der Waals surface area contributed by atoms with Crippen LogP contribution < -0.4 is 5.32 Å². The minimum absolute atomic E-state index is 0.167. The Morgan fingerprint density at radius 2 is 2.00 bits per heavy atom. The highest BCUT2D eigenvalue weighted by molar-refractivity contribution is 5.95. The number of nitrogens with one attached hydrogen (secondary N) is 1. The summed E-state index contributed by atoms with van der Waals surface area (Å²) >= 11 is 0. The van der Waals surface area contributed by atoms with Crippen LogP contribution in [-0.4, -0.2) is 35.9 Å². The Kier molecular flexibility index (Phi) is 4.20. The van der Waals surface area contributed by atoms with Crippen LogP contribution in [0, 0.1) is 0 Å². The molecule has 1 saturated heterocycles. The van der Waals surface area contributed by atoms with E-state index in [0.29, 0.717) is 0 Å². The zero-order chi connectivity index (χ0) is 15.7. The third kappa shape index (κ3) is 3.92. The molecule has 1 fully saturated rings. The van der Waals surface area contributed by atoms with E-state index in [1.165, 1.54) is 0 Å². The molecule has 2 rings (SSSR count). The van der Waals surface area contributed by atoms with Gasteiger partial charge in [-0.1, -0.05) is 0 Å². The highest BCUT2D eigenvalue weighted by atomic mass is 19.4. The van der Waals surface area contributed by atoms with Gasteiger partial charge in [0.25, 0.3) is 5.91 Å². The largest absolute Gasteiger partial charge is 0.417 e. The smallest absolute Gasteiger partial charge is 0.348 e. The van der Waals surface area contributed by atoms with Gasteiger partial charge >= 0.3 is 6.18 Å². The molecule has 1 aromatic rings. The van der Waals surface area contributed by atoms with Crippen LogP contribution >= 0.6 is 0 Å². The molecule has 2 heterocycles. The quantitative estimate of drug-likeness (QED) is 0.907. The second-order valence-corrected chi connectivity index (χ2v) is 5.11. The maximum absolute atomic E-state index is 12.8. The van der Waals surface area contributed by atoms with Gasteiger partial charge in [0, 0.05) is 12.4 Å². The number of hydrogen-bond donors (Lipinski definition) is 1. The highest BCUT2D eigenvalue weighted by Gasteiger charge is 2.36. The summed E-state index contributed by atoms with van der Waals surface area (Å²) < 4.78 is 49.2. The molecule has 1 aliphatic rings. The number of alkyl halides is 3. The Bertz CT molecular complexity index is 522. The summed E-state index contributed by atoms with van der Waals surface area (Å²) in [6, 6.07) is 0.262. The molecule has 0 aromatic carbocycles. The molecule has 0 bridgehead atoms. The van der Waals surface area contributed by atoms with Crippen LogP contribution in [0.15, 0.2) is 18.5 Å². The van der Waals surface area contributed by atoms with Crippen molar-refractivity contribution in [1.29, 1.82) is 0 Å². The Morgan fingerprint density at radius 3 is 2.57 bits per heavy atom. The number of rotatable bonds is 2. The Morgan fingerprint density at radius 1 is 1.38 bits per heavy atom. The lowest BCUT2D eigenvalue weighted by atomic mass is 10.1. The molecule has 21 heavy (non-hydrogen) atoms. The fourth-order valence-electron chi connectivity index (χ4n) is 1.86. The summed E-state index contributed by atoms with van der Waals surface area (Å²) in [7, 11) is 0. The van der Waals surface area contributed by atoms with Gasteiger partial charge in [0.15, 0.2) is 5.79 Å². The fourth-order valence-corrected chi connectivity index (χ4v) is 1.86. The van der Waals surface area contributed by atoms with Crippen molar-refractivity contribution >= 4 is 5.91 Å². The van der Waals surface area contributed by atoms with Crippen LogP contribution in [0.2, 0.25) is 0 Å². The lowest BCUT2D eigenvalue weighted by Crippen LogP contribution is -2.50. The monoisotopic (exact) mass is 304 g/mol. The number of hydrogen-bond acceptors (Lipinski definition) is 4. The molecule has 1 aliphatic heterocycles. The van der Waals surface area contributed by atoms with Gasteiger partial charge in [-0.15, -0.1) is 0 Å². The molecular weight excluding hydrogens is 289 g/mol. The number of carbonyl (C=O) groups is 1. The van der Waals surface area contributed by atoms with Crippen molar-refractivity contribution in [3.63, 3.8) is 0 Å². The maximum atomic E-state index is 12.8. The van der Waals surface area contributed by atoms with E-state index in [1.54, 1.807) is 13.8 Å². The van der Waals surface area contributed by atoms with E-state index in [0.717, 1.165) is 18.5 Å². The molecule has 116 valence electrons. The van der Waals surface area contributed by atoms with Gasteiger partial charge in [-0.05, 0) is 19.9 Å². The van der Waals surface area contributed by atoms with Crippen LogP contribution in [0.5, 0.6) is 0 Å². The van der Waals surface area contributed by atoms with Crippen molar-refractivity contribution in [2.75, 3.05) is 13.2 Å². The second kappa shape index (κ2) is 5.61. The summed E-state index contributed by atoms with van der Waals surface area (Å²) in [6.07, 6.45) is -2.72. The second-order valence-electron chi connectivity index (χ2n) is 5.11. The Hall–Kier alpha value is -1.67. The lowest BCUT2D eigenvalue weighted by Gasteiger charge is -2.35. The van der Waals surface area contributed by atoms with Gasteiger partial charge in [0.05, 0.1) is 30.4 Å². The minimum atomic E-state index is -4.61. The predicted octanol–water partition coefficient (Wildman–Crippen LogP) is 1.98. The van der Waals surface area contributed by atoms with Crippen molar-refractivity contribution in [1.82, 2.24) is 10.3 Å². The molecule has 5 nitrogen and oxygen atoms in total. The first-order valence-corrected chi connectivity index (χ1v) is 6.29. The highest BCUT2D eigenvalue weighted by Crippen LogP contribution is 2.31. The topological polar surface area (TPSA) is 60.5 Å². The predicted molar refractivity (Wildman–Crippen MR) is 66.5 cm³/mol. The zero-order valence-electron chi connectivity index (χ0n) is 11.5. The summed E-state index contributed by atoms with van der Waals surface area (Å²) in [4.78, 5) is 15.6. The summed E-state index contributed by atoms with van der Waals surface area (Å²) in [5.41, 5.74) is -1.54. The first-order valence-electron chi connectivity index (χ1n) is 6.29. The molecule has 0 atom stereocenters. The number of ether oxygens (including phenoxy) is 2. The van der Waals surface area contributed by atoms with Gasteiger partial charge in [0.1, 0.15) is 0 Å². The molecule has 0 aliphatic carbocycles. The van der Waals surface area contributed by atoms with Gasteiger partial charge in [-0.25, -0.2) is 0 Å². The van der Waals surface area contributed by atoms with Gasteiger partial charge < -0.3 is 14.8 Å². The van der Waals surface area contributed by atoms with Gasteiger partial charge in [-0.3, -0.25) is 9.78 Å². The van der Waals surface area contributed by atoms with E-state index in [2.05, 4.69) is 10.3 Å². The number of amides is 1. The van der Waals surface area contributed by atoms with Crippen LogP contribution in [0.25, 0.3) is 0 Å². The number of nitrogens with zero attached hydrogens (tertiary/aromatic N) is 1. The van der Waals surface area contributed by atoms with Crippen molar-refractivity contribution < 1.29 is 27.4 Å². The Labute approximate surface area is 119 Å². The number of pyridine rings is 1. The van der Waals surface area contributed by atoms with Crippen molar-refractivity contribution in [2.24, 2.45) is 0 Å². The van der Waals surface area contributed by atoms with Crippen molar-refractivity contribution in [2.45, 2.75) is 31.9 Å². The van der Waals surface area contributed by atoms with Crippen LogP contribution in [-0.2, 0) is 15.7 Å². The molecule has 8 heteroatoms. The van der Waals surface area contributed by atoms with Crippen LogP contribution in [0.1, 0.15) is 29.8 Å². The van der Waals surface area contributed by atoms with E-state index in [4.69, 9.17) is 9.47 Å². The summed E-state index contributed by atoms with van der Waals surface area (Å²) in [5.74, 6) is -1.61. The molecule has 1 N–H and O–H groups in total. The molecule has 0 saturated carbocycles. The number of carbonyl (C=O) groups excluding carboxylic acids is 1. The van der Waals surface area contributed by atoms with E-state index in [1.807, 2.05) is 0 Å². The number of aromatic nitrogens is 1. The van der Waals surface area contributed by atoms with E-state index in [9.17, 15) is 18.0 Å². The summed E-state index contributed by atoms with van der Waals surface area (Å²) in [5, 5.41) is 2.46. The van der Waals surface area contributed by atoms with Crippen LogP contribution in [0.4, 0.5) is 13.2 Å². The van der Waals surface area contributed by atoms with E-state index < -0.39 is 35.0 Å². The fraction of sp³-hybridized carbons (Fsp3) is 0.538. The van der Waals surface area contributed by atoms with Crippen molar-refractivity contribution in [3.05, 3.63) is 29.6 Å². The van der Waals surface area contributed by atoms with Crippen LogP contribution in [0.3, 0.4) is 0 Å². The van der Waals surface area contributed by atoms with E-state index >= 15 is 0 Å². The number of halogens is 3.